The van der Waals surface area contributed by atoms with Crippen molar-refractivity contribution in [2.45, 2.75) is 83.1 Å². The smallest absolute Gasteiger partial charge is 0.263 e. The number of carbonyl (C=O) groups is 1. The summed E-state index contributed by atoms with van der Waals surface area (Å²) in [6.07, 6.45) is 16.4. The lowest BCUT2D eigenvalue weighted by atomic mass is 9.98. The number of hydrogen-bond acceptors (Lipinski definition) is 3. The van der Waals surface area contributed by atoms with Crippen molar-refractivity contribution in [3.05, 3.63) is 47.7 Å². The SMILES string of the molecule is N#C/C(=C/NC1CCCCCCCCCCC1)C(=O)NCCc1ccccc1. The minimum absolute atomic E-state index is 0.166. The van der Waals surface area contributed by atoms with Crippen LogP contribution in [0.3, 0.4) is 0 Å². The molecule has 1 saturated carbocycles. The van der Waals surface area contributed by atoms with E-state index in [0.29, 0.717) is 12.6 Å². The van der Waals surface area contributed by atoms with E-state index in [4.69, 9.17) is 0 Å². The predicted octanol–water partition coefficient (Wildman–Crippen LogP) is 5.02. The molecule has 0 saturated heterocycles. The minimum atomic E-state index is -0.293. The summed E-state index contributed by atoms with van der Waals surface area (Å²) in [5.74, 6) is -0.293. The Morgan fingerprint density at radius 2 is 1.54 bits per heavy atom. The second-order valence-corrected chi connectivity index (χ2v) is 7.78. The molecule has 1 aromatic rings. The van der Waals surface area contributed by atoms with E-state index in [1.54, 1.807) is 6.20 Å². The van der Waals surface area contributed by atoms with Gasteiger partial charge in [0.15, 0.2) is 0 Å². The van der Waals surface area contributed by atoms with E-state index in [-0.39, 0.29) is 11.5 Å². The molecule has 1 aromatic carbocycles. The van der Waals surface area contributed by atoms with E-state index in [1.165, 1.54) is 63.4 Å². The molecule has 152 valence electrons. The van der Waals surface area contributed by atoms with Crippen LogP contribution < -0.4 is 10.6 Å². The quantitative estimate of drug-likeness (QED) is 0.537. The number of amides is 1. The Hall–Kier alpha value is -2.28. The number of hydrogen-bond donors (Lipinski definition) is 2. The van der Waals surface area contributed by atoms with Gasteiger partial charge in [-0.05, 0) is 24.8 Å². The van der Waals surface area contributed by atoms with Crippen LogP contribution in [0.5, 0.6) is 0 Å². The van der Waals surface area contributed by atoms with Crippen LogP contribution in [0.4, 0.5) is 0 Å². The minimum Gasteiger partial charge on any atom is -0.387 e. The molecule has 1 amide bonds. The topological polar surface area (TPSA) is 64.9 Å². The second-order valence-electron chi connectivity index (χ2n) is 7.78. The Labute approximate surface area is 170 Å². The van der Waals surface area contributed by atoms with Gasteiger partial charge in [0.1, 0.15) is 11.6 Å². The van der Waals surface area contributed by atoms with Crippen LogP contribution in [-0.4, -0.2) is 18.5 Å². The van der Waals surface area contributed by atoms with Gasteiger partial charge in [-0.3, -0.25) is 4.79 Å². The van der Waals surface area contributed by atoms with Crippen LogP contribution in [0, 0.1) is 11.3 Å². The number of benzene rings is 1. The molecule has 2 rings (SSSR count). The van der Waals surface area contributed by atoms with Crippen molar-refractivity contribution < 1.29 is 4.79 Å². The number of nitrogens with zero attached hydrogens (tertiary/aromatic N) is 1. The molecule has 0 unspecified atom stereocenters. The molecule has 2 N–H and O–H groups in total. The standard InChI is InChI=1S/C24H35N3O/c25-19-22(24(28)26-18-17-21-13-9-8-10-14-21)20-27-23-15-11-6-4-2-1-3-5-7-12-16-23/h8-10,13-14,20,23,27H,1-7,11-12,15-18H2,(H,26,28)/b22-20-. The summed E-state index contributed by atoms with van der Waals surface area (Å²) in [7, 11) is 0. The molecule has 0 bridgehead atoms. The van der Waals surface area contributed by atoms with Crippen LogP contribution in [0.25, 0.3) is 0 Å². The van der Waals surface area contributed by atoms with E-state index < -0.39 is 0 Å². The molecule has 0 heterocycles. The maximum atomic E-state index is 12.3. The van der Waals surface area contributed by atoms with Crippen LogP contribution in [0.2, 0.25) is 0 Å². The average molecular weight is 382 g/mol. The largest absolute Gasteiger partial charge is 0.387 e. The van der Waals surface area contributed by atoms with Crippen LogP contribution in [0.15, 0.2) is 42.1 Å². The molecule has 0 spiro atoms. The molecule has 4 nitrogen and oxygen atoms in total. The molecule has 1 aliphatic carbocycles. The van der Waals surface area contributed by atoms with Gasteiger partial charge in [0.2, 0.25) is 0 Å². The number of nitrogens with one attached hydrogen (secondary N) is 2. The normalized spacial score (nSPS) is 17.6. The Morgan fingerprint density at radius 1 is 0.964 bits per heavy atom. The fourth-order valence-corrected chi connectivity index (χ4v) is 3.74. The molecular formula is C24H35N3O. The van der Waals surface area contributed by atoms with Gasteiger partial charge >= 0.3 is 0 Å². The first-order valence-corrected chi connectivity index (χ1v) is 11.0. The van der Waals surface area contributed by atoms with Gasteiger partial charge in [-0.1, -0.05) is 88.1 Å². The monoisotopic (exact) mass is 381 g/mol. The van der Waals surface area contributed by atoms with Gasteiger partial charge in [-0.25, -0.2) is 0 Å². The fourth-order valence-electron chi connectivity index (χ4n) is 3.74. The maximum Gasteiger partial charge on any atom is 0.263 e. The van der Waals surface area contributed by atoms with E-state index in [0.717, 1.165) is 19.3 Å². The summed E-state index contributed by atoms with van der Waals surface area (Å²) < 4.78 is 0. The molecule has 1 fully saturated rings. The first kappa shape index (κ1) is 22.0. The van der Waals surface area contributed by atoms with Crippen LogP contribution in [0.1, 0.15) is 76.2 Å². The maximum absolute atomic E-state index is 12.3. The van der Waals surface area contributed by atoms with Gasteiger partial charge < -0.3 is 10.6 Å². The Morgan fingerprint density at radius 3 is 2.11 bits per heavy atom. The summed E-state index contributed by atoms with van der Waals surface area (Å²) in [4.78, 5) is 12.3. The van der Waals surface area contributed by atoms with Crippen molar-refractivity contribution in [1.82, 2.24) is 10.6 Å². The van der Waals surface area contributed by atoms with E-state index in [9.17, 15) is 10.1 Å². The van der Waals surface area contributed by atoms with E-state index in [1.807, 2.05) is 36.4 Å². The predicted molar refractivity (Wildman–Crippen MR) is 115 cm³/mol. The summed E-state index contributed by atoms with van der Waals surface area (Å²) in [5.41, 5.74) is 1.34. The molecule has 0 radical (unpaired) electrons. The highest BCUT2D eigenvalue weighted by Gasteiger charge is 2.11. The summed E-state index contributed by atoms with van der Waals surface area (Å²) in [5, 5.41) is 15.6. The molecule has 4 heteroatoms. The summed E-state index contributed by atoms with van der Waals surface area (Å²) in [6, 6.07) is 12.4. The highest BCUT2D eigenvalue weighted by Crippen LogP contribution is 2.17. The molecular weight excluding hydrogens is 346 g/mol. The van der Waals surface area contributed by atoms with E-state index in [2.05, 4.69) is 10.6 Å². The Balaban J connectivity index is 1.79. The van der Waals surface area contributed by atoms with Crippen molar-refractivity contribution in [3.8, 4) is 6.07 Å². The average Bonchev–Trinajstić information content (AvgIpc) is 2.71. The third kappa shape index (κ3) is 9.08. The first-order chi connectivity index (χ1) is 13.8. The Kier molecular flexibility index (Phi) is 10.9. The lowest BCUT2D eigenvalue weighted by molar-refractivity contribution is -0.117. The molecule has 1 aliphatic rings. The van der Waals surface area contributed by atoms with Crippen LogP contribution >= 0.6 is 0 Å². The van der Waals surface area contributed by atoms with Gasteiger partial charge in [-0.15, -0.1) is 0 Å². The van der Waals surface area contributed by atoms with Gasteiger partial charge in [0.25, 0.3) is 5.91 Å². The van der Waals surface area contributed by atoms with Crippen molar-refractivity contribution >= 4 is 5.91 Å². The third-order valence-electron chi connectivity index (χ3n) is 5.48. The zero-order valence-corrected chi connectivity index (χ0v) is 17.1. The molecule has 0 atom stereocenters. The van der Waals surface area contributed by atoms with Crippen molar-refractivity contribution in [3.63, 3.8) is 0 Å². The summed E-state index contributed by atoms with van der Waals surface area (Å²) >= 11 is 0. The number of nitriles is 1. The molecule has 0 aromatic heterocycles. The van der Waals surface area contributed by atoms with E-state index >= 15 is 0 Å². The third-order valence-corrected chi connectivity index (χ3v) is 5.48. The lowest BCUT2D eigenvalue weighted by Crippen LogP contribution is -2.30. The zero-order valence-electron chi connectivity index (χ0n) is 17.1. The number of carbonyl (C=O) groups excluding carboxylic acids is 1. The fraction of sp³-hybridized carbons (Fsp3) is 0.583. The van der Waals surface area contributed by atoms with Crippen LogP contribution in [-0.2, 0) is 11.2 Å². The Bertz CT molecular complexity index is 621. The van der Waals surface area contributed by atoms with Crippen molar-refractivity contribution in [2.24, 2.45) is 0 Å². The number of rotatable bonds is 6. The van der Waals surface area contributed by atoms with Crippen molar-refractivity contribution in [1.29, 1.82) is 5.26 Å². The van der Waals surface area contributed by atoms with Gasteiger partial charge in [0, 0.05) is 18.8 Å². The van der Waals surface area contributed by atoms with Crippen molar-refractivity contribution in [2.75, 3.05) is 6.54 Å². The highest BCUT2D eigenvalue weighted by molar-refractivity contribution is 5.97. The van der Waals surface area contributed by atoms with Gasteiger partial charge in [-0.2, -0.15) is 5.26 Å². The molecule has 0 aliphatic heterocycles. The lowest BCUT2D eigenvalue weighted by Gasteiger charge is -2.18. The summed E-state index contributed by atoms with van der Waals surface area (Å²) in [6.45, 7) is 0.533. The zero-order chi connectivity index (χ0) is 19.9. The highest BCUT2D eigenvalue weighted by atomic mass is 16.1. The second kappa shape index (κ2) is 13.8. The molecule has 28 heavy (non-hydrogen) atoms. The van der Waals surface area contributed by atoms with Gasteiger partial charge in [0.05, 0.1) is 0 Å². The first-order valence-electron chi connectivity index (χ1n) is 11.0.